The van der Waals surface area contributed by atoms with Gasteiger partial charge < -0.3 is 4.90 Å². The minimum absolute atomic E-state index is 0.135. The van der Waals surface area contributed by atoms with Gasteiger partial charge in [-0.3, -0.25) is 4.90 Å². The molecule has 0 N–H and O–H groups in total. The van der Waals surface area contributed by atoms with Crippen molar-refractivity contribution in [2.45, 2.75) is 77.7 Å². The van der Waals surface area contributed by atoms with Crippen LogP contribution in [0, 0.1) is 11.3 Å². The number of hydrogen-bond donors (Lipinski definition) is 0. The van der Waals surface area contributed by atoms with Gasteiger partial charge in [0.05, 0.1) is 12.1 Å². The van der Waals surface area contributed by atoms with E-state index in [1.165, 1.54) is 57.9 Å². The molecule has 1 unspecified atom stereocenters. The topological polar surface area (TPSA) is 30.3 Å². The van der Waals surface area contributed by atoms with E-state index in [1.54, 1.807) is 0 Å². The van der Waals surface area contributed by atoms with Crippen molar-refractivity contribution in [1.82, 2.24) is 9.80 Å². The molecule has 21 heavy (non-hydrogen) atoms. The van der Waals surface area contributed by atoms with Crippen LogP contribution in [0.3, 0.4) is 0 Å². The van der Waals surface area contributed by atoms with Crippen LogP contribution in [0.5, 0.6) is 0 Å². The number of unbranched alkanes of at least 4 members (excludes halogenated alkanes) is 7. The van der Waals surface area contributed by atoms with Crippen molar-refractivity contribution in [1.29, 1.82) is 5.26 Å². The molecule has 1 fully saturated rings. The molecule has 0 amide bonds. The SMILES string of the molecule is CCCCCCCCCCN1CCN(C(C#N)CC)CC1. The Morgan fingerprint density at radius 2 is 1.43 bits per heavy atom. The van der Waals surface area contributed by atoms with Gasteiger partial charge in [-0.2, -0.15) is 5.26 Å². The largest absolute Gasteiger partial charge is 0.301 e. The van der Waals surface area contributed by atoms with Gasteiger partial charge in [0.2, 0.25) is 0 Å². The van der Waals surface area contributed by atoms with Gasteiger partial charge in [0, 0.05) is 26.2 Å². The maximum absolute atomic E-state index is 9.12. The van der Waals surface area contributed by atoms with E-state index < -0.39 is 0 Å². The van der Waals surface area contributed by atoms with E-state index in [2.05, 4.69) is 29.7 Å². The van der Waals surface area contributed by atoms with Crippen LogP contribution in [0.1, 0.15) is 71.6 Å². The quantitative estimate of drug-likeness (QED) is 0.538. The first-order valence-electron chi connectivity index (χ1n) is 9.17. The fourth-order valence-electron chi connectivity index (χ4n) is 3.20. The Kier molecular flexibility index (Phi) is 10.6. The van der Waals surface area contributed by atoms with E-state index in [4.69, 9.17) is 5.26 Å². The molecular formula is C18H35N3. The summed E-state index contributed by atoms with van der Waals surface area (Å²) >= 11 is 0. The van der Waals surface area contributed by atoms with E-state index >= 15 is 0 Å². The van der Waals surface area contributed by atoms with Crippen LogP contribution in [-0.2, 0) is 0 Å². The highest BCUT2D eigenvalue weighted by Gasteiger charge is 2.21. The average Bonchev–Trinajstić information content (AvgIpc) is 2.52. The maximum Gasteiger partial charge on any atom is 0.0976 e. The predicted molar refractivity (Wildman–Crippen MR) is 90.3 cm³/mol. The molecule has 0 spiro atoms. The molecule has 1 heterocycles. The summed E-state index contributed by atoms with van der Waals surface area (Å²) in [7, 11) is 0. The van der Waals surface area contributed by atoms with E-state index in [0.717, 1.165) is 32.6 Å². The van der Waals surface area contributed by atoms with Gasteiger partial charge in [0.15, 0.2) is 0 Å². The van der Waals surface area contributed by atoms with Crippen LogP contribution in [0.25, 0.3) is 0 Å². The summed E-state index contributed by atoms with van der Waals surface area (Å²) in [5, 5.41) is 9.12. The summed E-state index contributed by atoms with van der Waals surface area (Å²) in [4.78, 5) is 4.93. The Hall–Kier alpha value is -0.590. The van der Waals surface area contributed by atoms with E-state index in [-0.39, 0.29) is 6.04 Å². The molecule has 0 saturated carbocycles. The molecule has 0 aromatic heterocycles. The summed E-state index contributed by atoms with van der Waals surface area (Å²) in [5.41, 5.74) is 0. The molecule has 122 valence electrons. The molecular weight excluding hydrogens is 258 g/mol. The standard InChI is InChI=1S/C18H35N3/c1-3-5-6-7-8-9-10-11-12-20-13-15-21(16-14-20)18(4-2)17-19/h18H,3-16H2,1-2H3. The molecule has 3 heteroatoms. The Balaban J connectivity index is 1.97. The fourth-order valence-corrected chi connectivity index (χ4v) is 3.20. The molecule has 0 bridgehead atoms. The lowest BCUT2D eigenvalue weighted by atomic mass is 10.1. The third kappa shape index (κ3) is 7.83. The summed E-state index contributed by atoms with van der Waals surface area (Å²) in [6, 6.07) is 2.56. The highest BCUT2D eigenvalue weighted by atomic mass is 15.3. The zero-order valence-corrected chi connectivity index (χ0v) is 14.3. The zero-order chi connectivity index (χ0) is 15.3. The Morgan fingerprint density at radius 1 is 0.857 bits per heavy atom. The number of nitriles is 1. The van der Waals surface area contributed by atoms with Gasteiger partial charge in [0.25, 0.3) is 0 Å². The molecule has 0 aromatic carbocycles. The van der Waals surface area contributed by atoms with E-state index in [9.17, 15) is 0 Å². The van der Waals surface area contributed by atoms with Gasteiger partial charge >= 0.3 is 0 Å². The van der Waals surface area contributed by atoms with Gasteiger partial charge in [-0.25, -0.2) is 0 Å². The van der Waals surface area contributed by atoms with Gasteiger partial charge in [-0.1, -0.05) is 58.8 Å². The normalized spacial score (nSPS) is 18.5. The Bertz CT molecular complexity index is 277. The third-order valence-corrected chi connectivity index (χ3v) is 4.71. The summed E-state index contributed by atoms with van der Waals surface area (Å²) in [6.07, 6.45) is 12.1. The highest BCUT2D eigenvalue weighted by molar-refractivity contribution is 4.92. The first-order chi connectivity index (χ1) is 10.3. The molecule has 0 radical (unpaired) electrons. The number of nitrogens with zero attached hydrogens (tertiary/aromatic N) is 3. The highest BCUT2D eigenvalue weighted by Crippen LogP contribution is 2.11. The maximum atomic E-state index is 9.12. The molecule has 1 aliphatic rings. The second kappa shape index (κ2) is 12.0. The van der Waals surface area contributed by atoms with Crippen molar-refractivity contribution < 1.29 is 0 Å². The Morgan fingerprint density at radius 3 is 1.95 bits per heavy atom. The van der Waals surface area contributed by atoms with Crippen molar-refractivity contribution in [2.75, 3.05) is 32.7 Å². The molecule has 1 rings (SSSR count). The van der Waals surface area contributed by atoms with Crippen LogP contribution >= 0.6 is 0 Å². The van der Waals surface area contributed by atoms with E-state index in [0.29, 0.717) is 0 Å². The molecule has 3 nitrogen and oxygen atoms in total. The van der Waals surface area contributed by atoms with Gasteiger partial charge in [-0.05, 0) is 19.4 Å². The van der Waals surface area contributed by atoms with E-state index in [1.807, 2.05) is 0 Å². The molecule has 1 atom stereocenters. The first kappa shape index (κ1) is 18.5. The van der Waals surface area contributed by atoms with Crippen LogP contribution in [0.4, 0.5) is 0 Å². The minimum atomic E-state index is 0.135. The number of rotatable bonds is 11. The molecule has 1 saturated heterocycles. The monoisotopic (exact) mass is 293 g/mol. The van der Waals surface area contributed by atoms with Gasteiger partial charge in [-0.15, -0.1) is 0 Å². The zero-order valence-electron chi connectivity index (χ0n) is 14.3. The summed E-state index contributed by atoms with van der Waals surface area (Å²) < 4.78 is 0. The Labute approximate surface area is 132 Å². The minimum Gasteiger partial charge on any atom is -0.301 e. The van der Waals surface area contributed by atoms with Crippen LogP contribution < -0.4 is 0 Å². The molecule has 0 aliphatic carbocycles. The summed E-state index contributed by atoms with van der Waals surface area (Å²) in [5.74, 6) is 0. The second-order valence-electron chi connectivity index (χ2n) is 6.41. The lowest BCUT2D eigenvalue weighted by Crippen LogP contribution is -2.49. The fraction of sp³-hybridized carbons (Fsp3) is 0.944. The van der Waals surface area contributed by atoms with Crippen LogP contribution in [-0.4, -0.2) is 48.6 Å². The van der Waals surface area contributed by atoms with Crippen molar-refractivity contribution in [3.63, 3.8) is 0 Å². The lowest BCUT2D eigenvalue weighted by Gasteiger charge is -2.36. The predicted octanol–water partition coefficient (Wildman–Crippen LogP) is 4.05. The average molecular weight is 293 g/mol. The van der Waals surface area contributed by atoms with Crippen molar-refractivity contribution in [3.8, 4) is 6.07 Å². The lowest BCUT2D eigenvalue weighted by molar-refractivity contribution is 0.111. The third-order valence-electron chi connectivity index (χ3n) is 4.71. The van der Waals surface area contributed by atoms with Crippen molar-refractivity contribution >= 4 is 0 Å². The molecule has 0 aromatic rings. The molecule has 1 aliphatic heterocycles. The van der Waals surface area contributed by atoms with Crippen LogP contribution in [0.2, 0.25) is 0 Å². The smallest absolute Gasteiger partial charge is 0.0976 e. The number of piperazine rings is 1. The van der Waals surface area contributed by atoms with Gasteiger partial charge in [0.1, 0.15) is 0 Å². The van der Waals surface area contributed by atoms with Crippen molar-refractivity contribution in [3.05, 3.63) is 0 Å². The first-order valence-corrected chi connectivity index (χ1v) is 9.17. The second-order valence-corrected chi connectivity index (χ2v) is 6.41. The van der Waals surface area contributed by atoms with Crippen molar-refractivity contribution in [2.24, 2.45) is 0 Å². The number of hydrogen-bond acceptors (Lipinski definition) is 3. The summed E-state index contributed by atoms with van der Waals surface area (Å²) in [6.45, 7) is 10.1. The van der Waals surface area contributed by atoms with Crippen LogP contribution in [0.15, 0.2) is 0 Å².